The van der Waals surface area contributed by atoms with E-state index in [1.807, 2.05) is 0 Å². The Hall–Kier alpha value is -1.53. The molecule has 1 aliphatic heterocycles. The fourth-order valence-corrected chi connectivity index (χ4v) is 1.77. The fourth-order valence-electron chi connectivity index (χ4n) is 1.77. The minimum atomic E-state index is -0.416. The topological polar surface area (TPSA) is 70.0 Å². The van der Waals surface area contributed by atoms with Gasteiger partial charge in [0.1, 0.15) is 5.75 Å². The van der Waals surface area contributed by atoms with Crippen LogP contribution in [0.15, 0.2) is 18.2 Å². The zero-order valence-electron chi connectivity index (χ0n) is 9.46. The lowest BCUT2D eigenvalue weighted by Gasteiger charge is -2.35. The lowest BCUT2D eigenvalue weighted by molar-refractivity contribution is 0.00590. The van der Waals surface area contributed by atoms with Crippen molar-refractivity contribution in [2.24, 2.45) is 0 Å². The number of β-amino-alcohol motifs (C(OH)–C–C–N with tert-alkyl or cyclic N) is 1. The highest BCUT2D eigenvalue weighted by Gasteiger charge is 2.29. The second-order valence-electron chi connectivity index (χ2n) is 3.95. The summed E-state index contributed by atoms with van der Waals surface area (Å²) in [4.78, 5) is 13.5. The van der Waals surface area contributed by atoms with Crippen LogP contribution in [-0.2, 0) is 0 Å². The molecule has 2 rings (SSSR count). The van der Waals surface area contributed by atoms with Crippen LogP contribution >= 0.6 is 0 Å². The Labute approximate surface area is 99.9 Å². The van der Waals surface area contributed by atoms with Crippen LogP contribution in [0.3, 0.4) is 0 Å². The largest absolute Gasteiger partial charge is 0.497 e. The normalized spacial score (nSPS) is 15.4. The molecule has 0 atom stereocenters. The standard InChI is InChI=1S/C11H13BNO4/c1-17-10-3-2-7(4-9(10)12-16)11(15)13-5-8(14)6-13/h2-4,8,14,16H,5-6H2,1H3. The molecule has 6 heteroatoms. The maximum atomic E-state index is 11.9. The first-order valence-corrected chi connectivity index (χ1v) is 5.28. The Balaban J connectivity index is 2.18. The van der Waals surface area contributed by atoms with E-state index in [2.05, 4.69) is 0 Å². The van der Waals surface area contributed by atoms with Gasteiger partial charge in [-0.2, -0.15) is 0 Å². The molecule has 89 valence electrons. The number of aliphatic hydroxyl groups excluding tert-OH is 1. The predicted octanol–water partition coefficient (Wildman–Crippen LogP) is -1.25. The van der Waals surface area contributed by atoms with Crippen molar-refractivity contribution in [2.45, 2.75) is 6.10 Å². The molecule has 0 aromatic heterocycles. The Kier molecular flexibility index (Phi) is 3.35. The molecule has 1 aliphatic rings. The number of aliphatic hydroxyl groups is 1. The monoisotopic (exact) mass is 234 g/mol. The van der Waals surface area contributed by atoms with Crippen LogP contribution in [0.1, 0.15) is 10.4 Å². The van der Waals surface area contributed by atoms with Gasteiger partial charge in [-0.3, -0.25) is 4.79 Å². The first kappa shape index (κ1) is 11.9. The summed E-state index contributed by atoms with van der Waals surface area (Å²) >= 11 is 0. The van der Waals surface area contributed by atoms with E-state index in [0.717, 1.165) is 7.48 Å². The smallest absolute Gasteiger partial charge is 0.330 e. The van der Waals surface area contributed by atoms with Crippen molar-refractivity contribution in [1.82, 2.24) is 4.90 Å². The third-order valence-corrected chi connectivity index (χ3v) is 2.77. The maximum absolute atomic E-state index is 11.9. The third kappa shape index (κ3) is 2.27. The summed E-state index contributed by atoms with van der Waals surface area (Å²) in [5.74, 6) is 0.355. The van der Waals surface area contributed by atoms with E-state index in [0.29, 0.717) is 29.9 Å². The number of hydrogen-bond donors (Lipinski definition) is 2. The molecule has 1 fully saturated rings. The molecule has 1 aromatic rings. The van der Waals surface area contributed by atoms with Gasteiger partial charge >= 0.3 is 7.48 Å². The van der Waals surface area contributed by atoms with Gasteiger partial charge in [0.2, 0.25) is 0 Å². The quantitative estimate of drug-likeness (QED) is 0.641. The zero-order valence-corrected chi connectivity index (χ0v) is 9.46. The van der Waals surface area contributed by atoms with Crippen molar-refractivity contribution in [3.8, 4) is 5.75 Å². The number of methoxy groups -OCH3 is 1. The van der Waals surface area contributed by atoms with Gasteiger partial charge in [-0.15, -0.1) is 0 Å². The summed E-state index contributed by atoms with van der Waals surface area (Å²) in [6.07, 6.45) is -0.416. The minimum Gasteiger partial charge on any atom is -0.497 e. The van der Waals surface area contributed by atoms with Crippen LogP contribution in [0.5, 0.6) is 5.75 Å². The maximum Gasteiger partial charge on any atom is 0.330 e. The van der Waals surface area contributed by atoms with Gasteiger partial charge in [0.05, 0.1) is 13.2 Å². The van der Waals surface area contributed by atoms with E-state index >= 15 is 0 Å². The van der Waals surface area contributed by atoms with Crippen LogP contribution in [0.4, 0.5) is 0 Å². The lowest BCUT2D eigenvalue weighted by atomic mass is 9.86. The van der Waals surface area contributed by atoms with Crippen molar-refractivity contribution in [1.29, 1.82) is 0 Å². The van der Waals surface area contributed by atoms with Crippen molar-refractivity contribution in [3.63, 3.8) is 0 Å². The number of carbonyl (C=O) groups excluding carboxylic acids is 1. The van der Waals surface area contributed by atoms with Crippen molar-refractivity contribution >= 4 is 18.9 Å². The average molecular weight is 234 g/mol. The molecule has 1 radical (unpaired) electrons. The van der Waals surface area contributed by atoms with E-state index in [-0.39, 0.29) is 5.91 Å². The molecule has 0 bridgehead atoms. The molecule has 0 spiro atoms. The number of rotatable bonds is 3. The molecule has 5 nitrogen and oxygen atoms in total. The lowest BCUT2D eigenvalue weighted by Crippen LogP contribution is -2.53. The summed E-state index contributed by atoms with van der Waals surface area (Å²) in [5, 5.41) is 18.2. The molecular weight excluding hydrogens is 221 g/mol. The molecule has 0 unspecified atom stereocenters. The Morgan fingerprint density at radius 1 is 1.53 bits per heavy atom. The van der Waals surface area contributed by atoms with Gasteiger partial charge < -0.3 is 19.8 Å². The molecular formula is C11H13BNO4. The molecule has 1 amide bonds. The number of ether oxygens (including phenoxy) is 1. The molecule has 0 saturated carbocycles. The molecule has 1 heterocycles. The second-order valence-corrected chi connectivity index (χ2v) is 3.95. The molecule has 2 N–H and O–H groups in total. The zero-order chi connectivity index (χ0) is 12.4. The highest BCUT2D eigenvalue weighted by atomic mass is 16.5. The third-order valence-electron chi connectivity index (χ3n) is 2.77. The number of nitrogens with zero attached hydrogens (tertiary/aromatic N) is 1. The molecule has 1 saturated heterocycles. The second kappa shape index (κ2) is 4.77. The number of amides is 1. The van der Waals surface area contributed by atoms with Crippen molar-refractivity contribution in [2.75, 3.05) is 20.2 Å². The van der Waals surface area contributed by atoms with Crippen LogP contribution in [0.2, 0.25) is 0 Å². The van der Waals surface area contributed by atoms with Crippen LogP contribution in [0.25, 0.3) is 0 Å². The first-order chi connectivity index (χ1) is 8.15. The fraction of sp³-hybridized carbons (Fsp3) is 0.364. The minimum absolute atomic E-state index is 0.152. The Morgan fingerprint density at radius 2 is 2.24 bits per heavy atom. The summed E-state index contributed by atoms with van der Waals surface area (Å²) < 4.78 is 5.03. The highest BCUT2D eigenvalue weighted by molar-refractivity contribution is 6.47. The van der Waals surface area contributed by atoms with Gasteiger partial charge in [-0.25, -0.2) is 0 Å². The van der Waals surface area contributed by atoms with Gasteiger partial charge in [0.25, 0.3) is 5.91 Å². The molecule has 1 aromatic carbocycles. The molecule has 17 heavy (non-hydrogen) atoms. The summed E-state index contributed by atoms with van der Waals surface area (Å²) in [6, 6.07) is 4.83. The van der Waals surface area contributed by atoms with E-state index in [1.165, 1.54) is 7.11 Å². The summed E-state index contributed by atoms with van der Waals surface area (Å²) in [6.45, 7) is 0.728. The SMILES string of the molecule is COc1ccc(C(=O)N2CC(O)C2)cc1[B]O. The van der Waals surface area contributed by atoms with Crippen LogP contribution < -0.4 is 10.2 Å². The van der Waals surface area contributed by atoms with E-state index < -0.39 is 6.10 Å². The van der Waals surface area contributed by atoms with Crippen molar-refractivity contribution < 1.29 is 19.7 Å². The van der Waals surface area contributed by atoms with E-state index in [9.17, 15) is 4.79 Å². The van der Waals surface area contributed by atoms with Crippen LogP contribution in [-0.4, -0.2) is 54.7 Å². The number of carbonyl (C=O) groups is 1. The van der Waals surface area contributed by atoms with Gasteiger partial charge in [-0.1, -0.05) is 0 Å². The van der Waals surface area contributed by atoms with Gasteiger partial charge in [-0.05, 0) is 23.7 Å². The van der Waals surface area contributed by atoms with E-state index in [1.54, 1.807) is 23.1 Å². The summed E-state index contributed by atoms with van der Waals surface area (Å²) in [5.41, 5.74) is 0.928. The summed E-state index contributed by atoms with van der Waals surface area (Å²) in [7, 11) is 2.40. The van der Waals surface area contributed by atoms with Gasteiger partial charge in [0, 0.05) is 18.7 Å². The van der Waals surface area contributed by atoms with Crippen molar-refractivity contribution in [3.05, 3.63) is 23.8 Å². The molecule has 0 aliphatic carbocycles. The number of likely N-dealkylation sites (tertiary alicyclic amines) is 1. The Bertz CT molecular complexity index is 431. The predicted molar refractivity (Wildman–Crippen MR) is 62.5 cm³/mol. The number of hydrogen-bond acceptors (Lipinski definition) is 4. The van der Waals surface area contributed by atoms with Crippen LogP contribution in [0, 0.1) is 0 Å². The first-order valence-electron chi connectivity index (χ1n) is 5.28. The number of benzene rings is 1. The highest BCUT2D eigenvalue weighted by Crippen LogP contribution is 2.15. The Morgan fingerprint density at radius 3 is 2.76 bits per heavy atom. The van der Waals surface area contributed by atoms with E-state index in [4.69, 9.17) is 14.9 Å². The van der Waals surface area contributed by atoms with Gasteiger partial charge in [0.15, 0.2) is 0 Å². The average Bonchev–Trinajstić information content (AvgIpc) is 2.33.